The minimum Gasteiger partial charge on any atom is -0.493 e. The van der Waals surface area contributed by atoms with Gasteiger partial charge >= 0.3 is 6.18 Å². The molecule has 0 amide bonds. The van der Waals surface area contributed by atoms with Crippen LogP contribution in [0, 0.1) is 6.92 Å². The normalized spacial score (nSPS) is 14.1. The number of benzene rings is 2. The first-order chi connectivity index (χ1) is 14.7. The summed E-state index contributed by atoms with van der Waals surface area (Å²) in [6.07, 6.45) is -2.87. The molecule has 0 radical (unpaired) electrons. The van der Waals surface area contributed by atoms with Crippen LogP contribution >= 0.6 is 8.69 Å². The number of ether oxygens (including phenoxy) is 1. The zero-order chi connectivity index (χ0) is 22.9. The van der Waals surface area contributed by atoms with E-state index in [2.05, 4.69) is 0 Å². The van der Waals surface area contributed by atoms with E-state index >= 15 is 0 Å². The summed E-state index contributed by atoms with van der Waals surface area (Å²) in [6, 6.07) is 11.8. The summed E-state index contributed by atoms with van der Waals surface area (Å²) in [5.74, 6) is -0.208. The molecule has 3 N–H and O–H groups in total. The lowest BCUT2D eigenvalue weighted by molar-refractivity contribution is -0.139. The molecule has 2 atom stereocenters. The van der Waals surface area contributed by atoms with E-state index in [4.69, 9.17) is 15.0 Å². The van der Waals surface area contributed by atoms with Gasteiger partial charge in [-0.15, -0.1) is 0 Å². The van der Waals surface area contributed by atoms with Gasteiger partial charge in [0.05, 0.1) is 30.9 Å². The number of alkyl halides is 3. The fraction of sp³-hybridized carbons (Fsp3) is 0.455. The molecule has 0 fully saturated rings. The Balaban J connectivity index is 2.02. The number of rotatable bonds is 12. The molecule has 2 rings (SSSR count). The lowest BCUT2D eigenvalue weighted by Crippen LogP contribution is -2.47. The molecule has 0 spiro atoms. The molecule has 0 aliphatic rings. The van der Waals surface area contributed by atoms with Crippen LogP contribution in [0.15, 0.2) is 42.5 Å². The summed E-state index contributed by atoms with van der Waals surface area (Å²) in [5, 5.41) is 9.44. The average molecular weight is 459 g/mol. The molecule has 0 bridgehead atoms. The molecule has 31 heavy (non-hydrogen) atoms. The second kappa shape index (κ2) is 11.7. The lowest BCUT2D eigenvalue weighted by Gasteiger charge is -2.26. The summed E-state index contributed by atoms with van der Waals surface area (Å²) < 4.78 is 61.5. The third-order valence-electron chi connectivity index (χ3n) is 5.12. The van der Waals surface area contributed by atoms with Crippen molar-refractivity contribution in [3.8, 4) is 5.75 Å². The molecular formula is C22H29F3NO4P. The van der Waals surface area contributed by atoms with Crippen molar-refractivity contribution in [1.82, 2.24) is 0 Å². The maximum atomic E-state index is 13.6. The third-order valence-corrected chi connectivity index (χ3v) is 5.43. The number of hydrogen-bond donors (Lipinski definition) is 2. The smallest absolute Gasteiger partial charge is 0.419 e. The summed E-state index contributed by atoms with van der Waals surface area (Å²) >= 11 is 0. The zero-order valence-electron chi connectivity index (χ0n) is 17.5. The molecule has 0 aliphatic carbocycles. The monoisotopic (exact) mass is 459 g/mol. The van der Waals surface area contributed by atoms with Gasteiger partial charge in [0.1, 0.15) is 5.75 Å². The summed E-state index contributed by atoms with van der Waals surface area (Å²) in [6.45, 7) is 1.61. The van der Waals surface area contributed by atoms with E-state index in [-0.39, 0.29) is 31.8 Å². The highest BCUT2D eigenvalue weighted by atomic mass is 31.1. The van der Waals surface area contributed by atoms with Crippen LogP contribution in [0.4, 0.5) is 13.2 Å². The van der Waals surface area contributed by atoms with Crippen molar-refractivity contribution in [2.24, 2.45) is 5.73 Å². The van der Waals surface area contributed by atoms with Crippen molar-refractivity contribution < 1.29 is 32.1 Å². The van der Waals surface area contributed by atoms with Gasteiger partial charge < -0.3 is 20.1 Å². The molecule has 5 nitrogen and oxygen atoms in total. The van der Waals surface area contributed by atoms with Gasteiger partial charge in [-0.3, -0.25) is 4.57 Å². The zero-order valence-corrected chi connectivity index (χ0v) is 18.6. The lowest BCUT2D eigenvalue weighted by atomic mass is 9.93. The van der Waals surface area contributed by atoms with E-state index in [0.717, 1.165) is 23.6 Å². The van der Waals surface area contributed by atoms with Gasteiger partial charge in [0.25, 0.3) is 0 Å². The van der Waals surface area contributed by atoms with E-state index in [9.17, 15) is 22.8 Å². The number of nitrogens with two attached hydrogens (primary N) is 1. The van der Waals surface area contributed by atoms with E-state index in [1.807, 2.05) is 31.2 Å². The second-order valence-corrected chi connectivity index (χ2v) is 8.16. The predicted molar refractivity (Wildman–Crippen MR) is 115 cm³/mol. The maximum absolute atomic E-state index is 13.6. The van der Waals surface area contributed by atoms with Crippen LogP contribution in [0.5, 0.6) is 5.75 Å². The molecule has 9 heteroatoms. The molecule has 0 saturated heterocycles. The van der Waals surface area contributed by atoms with Gasteiger partial charge in [0, 0.05) is 0 Å². The molecule has 0 heterocycles. The Labute approximate surface area is 181 Å². The highest BCUT2D eigenvalue weighted by Crippen LogP contribution is 2.37. The van der Waals surface area contributed by atoms with Crippen LogP contribution in [0.25, 0.3) is 0 Å². The minimum absolute atomic E-state index is 0.128. The Morgan fingerprint density at radius 3 is 2.52 bits per heavy atom. The van der Waals surface area contributed by atoms with Crippen molar-refractivity contribution in [1.29, 1.82) is 0 Å². The first kappa shape index (κ1) is 25.4. The first-order valence-electron chi connectivity index (χ1n) is 10.0. The molecule has 0 aliphatic heterocycles. The highest BCUT2D eigenvalue weighted by molar-refractivity contribution is 7.17. The molecule has 172 valence electrons. The molecule has 2 unspecified atom stereocenters. The Kier molecular flexibility index (Phi) is 9.56. The van der Waals surface area contributed by atoms with Crippen molar-refractivity contribution in [2.75, 3.05) is 19.8 Å². The predicted octanol–water partition coefficient (Wildman–Crippen LogP) is 4.34. The number of aryl methyl sites for hydroxylation is 3. The Morgan fingerprint density at radius 1 is 1.13 bits per heavy atom. The standard InChI is InChI=1S/C22H29F3NO4P/c1-16-5-2-3-6-18(16)7-4-12-29-20-9-8-17(13-19(20)22(23,24)25)10-11-21(26,14-27)15-30-31-28/h2-3,5-6,8-9,13,27H,4,7,10-12,14-15,26,31H2,1H3. The summed E-state index contributed by atoms with van der Waals surface area (Å²) in [5.41, 5.74) is 6.67. The third kappa shape index (κ3) is 7.96. The molecule has 2 aromatic carbocycles. The van der Waals surface area contributed by atoms with Crippen LogP contribution in [-0.4, -0.2) is 30.5 Å². The fourth-order valence-corrected chi connectivity index (χ4v) is 3.61. The van der Waals surface area contributed by atoms with Crippen LogP contribution in [0.2, 0.25) is 0 Å². The van der Waals surface area contributed by atoms with E-state index < -0.39 is 32.6 Å². The summed E-state index contributed by atoms with van der Waals surface area (Å²) in [4.78, 5) is 0. The molecule has 2 aromatic rings. The quantitative estimate of drug-likeness (QED) is 0.365. The largest absolute Gasteiger partial charge is 0.493 e. The van der Waals surface area contributed by atoms with Crippen molar-refractivity contribution in [3.63, 3.8) is 0 Å². The Morgan fingerprint density at radius 2 is 1.87 bits per heavy atom. The first-order valence-corrected chi connectivity index (χ1v) is 11.0. The summed E-state index contributed by atoms with van der Waals surface area (Å²) in [7, 11) is -1.47. The SMILES string of the molecule is Cc1ccccc1CCCOc1ccc(CCC(N)(CO)CO[PH2]=O)cc1C(F)(F)F. The topological polar surface area (TPSA) is 81.8 Å². The minimum atomic E-state index is -4.56. The Bertz CT molecular complexity index is 863. The number of aliphatic hydroxyl groups excluding tert-OH is 1. The van der Waals surface area contributed by atoms with Crippen LogP contribution in [0.1, 0.15) is 35.1 Å². The number of hydrogen-bond acceptors (Lipinski definition) is 5. The highest BCUT2D eigenvalue weighted by Gasteiger charge is 2.35. The van der Waals surface area contributed by atoms with Gasteiger partial charge in [0.15, 0.2) is 8.69 Å². The van der Waals surface area contributed by atoms with E-state index in [0.29, 0.717) is 12.0 Å². The van der Waals surface area contributed by atoms with Crippen molar-refractivity contribution in [2.45, 2.75) is 44.3 Å². The Hall–Kier alpha value is -1.86. The van der Waals surface area contributed by atoms with E-state index in [1.165, 1.54) is 6.07 Å². The molecule has 0 saturated carbocycles. The van der Waals surface area contributed by atoms with Gasteiger partial charge in [-0.25, -0.2) is 0 Å². The molecular weight excluding hydrogens is 430 g/mol. The fourth-order valence-electron chi connectivity index (χ4n) is 3.21. The van der Waals surface area contributed by atoms with Crippen LogP contribution < -0.4 is 10.5 Å². The van der Waals surface area contributed by atoms with Gasteiger partial charge in [-0.2, -0.15) is 13.2 Å². The average Bonchev–Trinajstić information content (AvgIpc) is 2.74. The molecule has 0 aromatic heterocycles. The van der Waals surface area contributed by atoms with Crippen molar-refractivity contribution >= 4 is 8.69 Å². The second-order valence-electron chi connectivity index (χ2n) is 7.63. The van der Waals surface area contributed by atoms with Crippen LogP contribution in [0.3, 0.4) is 0 Å². The van der Waals surface area contributed by atoms with Crippen molar-refractivity contribution in [3.05, 3.63) is 64.7 Å². The van der Waals surface area contributed by atoms with Gasteiger partial charge in [0.2, 0.25) is 0 Å². The van der Waals surface area contributed by atoms with Crippen LogP contribution in [-0.2, 0) is 28.1 Å². The number of aliphatic hydroxyl groups is 1. The maximum Gasteiger partial charge on any atom is 0.419 e. The van der Waals surface area contributed by atoms with Gasteiger partial charge in [-0.1, -0.05) is 30.3 Å². The van der Waals surface area contributed by atoms with E-state index in [1.54, 1.807) is 6.07 Å². The number of halogens is 3. The van der Waals surface area contributed by atoms with Gasteiger partial charge in [-0.05, 0) is 61.4 Å².